The van der Waals surface area contributed by atoms with Crippen LogP contribution in [0.2, 0.25) is 0 Å². The number of nitrogens with two attached hydrogens (primary N) is 2. The van der Waals surface area contributed by atoms with Crippen LogP contribution in [0.25, 0.3) is 0 Å². The summed E-state index contributed by atoms with van der Waals surface area (Å²) in [5, 5.41) is 9.40. The van der Waals surface area contributed by atoms with Crippen LogP contribution in [0.15, 0.2) is 42.5 Å². The van der Waals surface area contributed by atoms with E-state index in [0.29, 0.717) is 22.6 Å². The highest BCUT2D eigenvalue weighted by atomic mass is 19.1. The molecular weight excluding hydrogens is 347 g/mol. The topological polar surface area (TPSA) is 107 Å². The molecule has 1 aliphatic heterocycles. The van der Waals surface area contributed by atoms with E-state index in [-0.39, 0.29) is 28.8 Å². The fraction of sp³-hybridized carbons (Fsp3) is 0.100. The summed E-state index contributed by atoms with van der Waals surface area (Å²) in [5.41, 5.74) is 14.3. The van der Waals surface area contributed by atoms with Gasteiger partial charge in [-0.2, -0.15) is 10.2 Å². The largest absolute Gasteiger partial charge is 0.497 e. The smallest absolute Gasteiger partial charge is 0.227 e. The number of hydrogen-bond acceptors (Lipinski definition) is 6. The number of methoxy groups -OCH3 is 1. The molecule has 0 aliphatic carbocycles. The number of nitriles is 1. The molecule has 6 nitrogen and oxygen atoms in total. The molecule has 7 heteroatoms. The van der Waals surface area contributed by atoms with Crippen LogP contribution in [0.3, 0.4) is 0 Å². The van der Waals surface area contributed by atoms with Crippen LogP contribution in [-0.2, 0) is 0 Å². The van der Waals surface area contributed by atoms with Gasteiger partial charge in [0, 0.05) is 17.5 Å². The van der Waals surface area contributed by atoms with Crippen molar-refractivity contribution in [3.8, 4) is 23.4 Å². The number of halogens is 1. The maximum atomic E-state index is 13.9. The zero-order valence-corrected chi connectivity index (χ0v) is 14.4. The Hall–Kier alpha value is -3.79. The number of fused-ring (bicyclic) bond motifs is 2. The van der Waals surface area contributed by atoms with Crippen LogP contribution < -0.4 is 20.9 Å². The van der Waals surface area contributed by atoms with Crippen molar-refractivity contribution in [3.63, 3.8) is 0 Å². The Morgan fingerprint density at radius 2 is 2.04 bits per heavy atom. The van der Waals surface area contributed by atoms with Gasteiger partial charge >= 0.3 is 0 Å². The molecule has 4 N–H and O–H groups in total. The van der Waals surface area contributed by atoms with Crippen LogP contribution in [0.5, 0.6) is 17.4 Å². The standard InChI is InChI=1S/C20H15FN4O2/c1-26-12-5-6-13-15(8-12)27-20-17(18(23)14(9-22)19(24)25-20)16(13)10-3-2-4-11(21)7-10/h2-8,16H,1H3,(H4,23,24,25). The van der Waals surface area contributed by atoms with Crippen LogP contribution in [0.1, 0.15) is 28.2 Å². The maximum absolute atomic E-state index is 13.9. The summed E-state index contributed by atoms with van der Waals surface area (Å²) in [5.74, 6) is 0.442. The molecule has 0 saturated heterocycles. The Labute approximate surface area is 154 Å². The van der Waals surface area contributed by atoms with Crippen molar-refractivity contribution in [1.29, 1.82) is 5.26 Å². The lowest BCUT2D eigenvalue weighted by molar-refractivity contribution is 0.401. The summed E-state index contributed by atoms with van der Waals surface area (Å²) in [6.07, 6.45) is 0. The molecule has 0 amide bonds. The van der Waals surface area contributed by atoms with Crippen molar-refractivity contribution in [2.45, 2.75) is 5.92 Å². The molecule has 2 aromatic carbocycles. The molecule has 1 aliphatic rings. The average molecular weight is 362 g/mol. The number of ether oxygens (including phenoxy) is 2. The van der Waals surface area contributed by atoms with Gasteiger partial charge in [0.25, 0.3) is 0 Å². The van der Waals surface area contributed by atoms with Gasteiger partial charge in [0.15, 0.2) is 0 Å². The average Bonchev–Trinajstić information content (AvgIpc) is 2.66. The van der Waals surface area contributed by atoms with Gasteiger partial charge in [-0.1, -0.05) is 18.2 Å². The molecule has 0 spiro atoms. The molecule has 4 rings (SSSR count). The second-order valence-corrected chi connectivity index (χ2v) is 6.11. The summed E-state index contributed by atoms with van der Waals surface area (Å²) >= 11 is 0. The van der Waals surface area contributed by atoms with Crippen molar-refractivity contribution in [2.75, 3.05) is 18.6 Å². The van der Waals surface area contributed by atoms with Crippen molar-refractivity contribution in [1.82, 2.24) is 4.98 Å². The van der Waals surface area contributed by atoms with E-state index in [1.807, 2.05) is 12.1 Å². The van der Waals surface area contributed by atoms with Crippen molar-refractivity contribution < 1.29 is 13.9 Å². The first-order chi connectivity index (χ1) is 13.0. The van der Waals surface area contributed by atoms with Gasteiger partial charge in [-0.25, -0.2) is 4.39 Å². The lowest BCUT2D eigenvalue weighted by Crippen LogP contribution is -2.17. The third-order valence-electron chi connectivity index (χ3n) is 4.59. The van der Waals surface area contributed by atoms with Gasteiger partial charge in [0.05, 0.1) is 18.4 Å². The predicted octanol–water partition coefficient (Wildman–Crippen LogP) is 3.55. The molecule has 1 unspecified atom stereocenters. The first-order valence-electron chi connectivity index (χ1n) is 8.13. The summed E-state index contributed by atoms with van der Waals surface area (Å²) in [4.78, 5) is 4.22. The second-order valence-electron chi connectivity index (χ2n) is 6.11. The zero-order valence-electron chi connectivity index (χ0n) is 14.4. The molecule has 2 heterocycles. The van der Waals surface area contributed by atoms with E-state index in [9.17, 15) is 9.65 Å². The van der Waals surface area contributed by atoms with E-state index in [4.69, 9.17) is 20.9 Å². The highest BCUT2D eigenvalue weighted by molar-refractivity contribution is 5.75. The molecule has 0 fully saturated rings. The fourth-order valence-electron chi connectivity index (χ4n) is 3.35. The van der Waals surface area contributed by atoms with Gasteiger partial charge in [-0.3, -0.25) is 0 Å². The number of rotatable bonds is 2. The third-order valence-corrected chi connectivity index (χ3v) is 4.59. The van der Waals surface area contributed by atoms with Gasteiger partial charge in [0.2, 0.25) is 5.88 Å². The summed E-state index contributed by atoms with van der Waals surface area (Å²) < 4.78 is 25.1. The molecule has 134 valence electrons. The Balaban J connectivity index is 2.04. The van der Waals surface area contributed by atoms with Crippen molar-refractivity contribution in [3.05, 3.63) is 70.5 Å². The SMILES string of the molecule is COc1ccc2c(c1)Oc1nc(N)c(C#N)c(N)c1C2c1cccc(F)c1. The lowest BCUT2D eigenvalue weighted by atomic mass is 9.82. The third kappa shape index (κ3) is 2.59. The van der Waals surface area contributed by atoms with E-state index >= 15 is 0 Å². The van der Waals surface area contributed by atoms with Gasteiger partial charge in [-0.05, 0) is 23.8 Å². The summed E-state index contributed by atoms with van der Waals surface area (Å²) in [6.45, 7) is 0. The molecule has 0 bridgehead atoms. The number of benzene rings is 2. The van der Waals surface area contributed by atoms with E-state index in [1.165, 1.54) is 12.1 Å². The number of anilines is 2. The predicted molar refractivity (Wildman–Crippen MR) is 98.2 cm³/mol. The zero-order chi connectivity index (χ0) is 19.1. The quantitative estimate of drug-likeness (QED) is 0.565. The van der Waals surface area contributed by atoms with Crippen LogP contribution in [0, 0.1) is 17.1 Å². The highest BCUT2D eigenvalue weighted by Gasteiger charge is 2.34. The van der Waals surface area contributed by atoms with Gasteiger partial charge in [-0.15, -0.1) is 0 Å². The second kappa shape index (κ2) is 6.18. The monoisotopic (exact) mass is 362 g/mol. The molecule has 1 aromatic heterocycles. The molecule has 3 aromatic rings. The molecule has 27 heavy (non-hydrogen) atoms. The molecule has 0 saturated carbocycles. The van der Waals surface area contributed by atoms with Gasteiger partial charge < -0.3 is 20.9 Å². The first kappa shape index (κ1) is 16.7. The highest BCUT2D eigenvalue weighted by Crippen LogP contribution is 2.50. The Bertz CT molecular complexity index is 1110. The van der Waals surface area contributed by atoms with E-state index in [1.54, 1.807) is 31.4 Å². The minimum atomic E-state index is -0.467. The number of aromatic nitrogens is 1. The number of pyridine rings is 1. The fourth-order valence-corrected chi connectivity index (χ4v) is 3.35. The van der Waals surface area contributed by atoms with Crippen LogP contribution in [-0.4, -0.2) is 12.1 Å². The van der Waals surface area contributed by atoms with Crippen molar-refractivity contribution in [2.24, 2.45) is 0 Å². The minimum Gasteiger partial charge on any atom is -0.497 e. The van der Waals surface area contributed by atoms with Crippen molar-refractivity contribution >= 4 is 11.5 Å². The minimum absolute atomic E-state index is 0.0157. The van der Waals surface area contributed by atoms with E-state index in [0.717, 1.165) is 5.56 Å². The molecule has 0 radical (unpaired) electrons. The Morgan fingerprint density at radius 3 is 2.74 bits per heavy atom. The number of hydrogen-bond donors (Lipinski definition) is 2. The van der Waals surface area contributed by atoms with E-state index in [2.05, 4.69) is 4.98 Å². The summed E-state index contributed by atoms with van der Waals surface area (Å²) in [6, 6.07) is 13.5. The summed E-state index contributed by atoms with van der Waals surface area (Å²) in [7, 11) is 1.55. The lowest BCUT2D eigenvalue weighted by Gasteiger charge is -2.29. The maximum Gasteiger partial charge on any atom is 0.227 e. The first-order valence-corrected chi connectivity index (χ1v) is 8.13. The van der Waals surface area contributed by atoms with Crippen LogP contribution >= 0.6 is 0 Å². The normalized spacial score (nSPS) is 14.5. The van der Waals surface area contributed by atoms with Gasteiger partial charge in [0.1, 0.15) is 34.8 Å². The van der Waals surface area contributed by atoms with Crippen LogP contribution in [0.4, 0.5) is 15.9 Å². The number of nitrogen functional groups attached to an aromatic ring is 2. The molecule has 1 atom stereocenters. The molecular formula is C20H15FN4O2. The number of nitrogens with zero attached hydrogens (tertiary/aromatic N) is 2. The Kier molecular flexibility index (Phi) is 3.81. The van der Waals surface area contributed by atoms with E-state index < -0.39 is 5.92 Å². The Morgan fingerprint density at radius 1 is 1.22 bits per heavy atom.